The Balaban J connectivity index is 1.77. The van der Waals surface area contributed by atoms with Gasteiger partial charge in [-0.25, -0.2) is 0 Å². The van der Waals surface area contributed by atoms with Crippen molar-refractivity contribution in [1.29, 1.82) is 0 Å². The second-order valence-electron chi connectivity index (χ2n) is 5.86. The molecule has 2 heterocycles. The van der Waals surface area contributed by atoms with E-state index in [1.165, 1.54) is 0 Å². The third-order valence-corrected chi connectivity index (χ3v) is 4.09. The average Bonchev–Trinajstić information content (AvgIpc) is 3.17. The summed E-state index contributed by atoms with van der Waals surface area (Å²) < 4.78 is 0. The first-order valence-electron chi connectivity index (χ1n) is 8.19. The first kappa shape index (κ1) is 16.2. The van der Waals surface area contributed by atoms with Gasteiger partial charge in [0.15, 0.2) is 0 Å². The van der Waals surface area contributed by atoms with Crippen LogP contribution in [0, 0.1) is 0 Å². The van der Waals surface area contributed by atoms with Crippen molar-refractivity contribution in [3.05, 3.63) is 72.6 Å². The molecule has 5 nitrogen and oxygen atoms in total. The highest BCUT2D eigenvalue weighted by Gasteiger charge is 2.24. The van der Waals surface area contributed by atoms with Crippen LogP contribution < -0.4 is 10.7 Å². The van der Waals surface area contributed by atoms with Gasteiger partial charge in [0.05, 0.1) is 24.0 Å². The molecule has 124 valence electrons. The Bertz CT molecular complexity index is 681. The minimum absolute atomic E-state index is 0.0273. The summed E-state index contributed by atoms with van der Waals surface area (Å²) in [6.45, 7) is 5.55. The molecule has 3 rings (SSSR count). The molecule has 0 spiro atoms. The predicted molar refractivity (Wildman–Crippen MR) is 94.4 cm³/mol. The summed E-state index contributed by atoms with van der Waals surface area (Å²) in [5.41, 5.74) is 5.51. The number of pyridine rings is 1. The highest BCUT2D eigenvalue weighted by molar-refractivity contribution is 5.82. The van der Waals surface area contributed by atoms with Crippen LogP contribution in [-0.2, 0) is 11.3 Å². The van der Waals surface area contributed by atoms with Crippen LogP contribution in [0.1, 0.15) is 24.1 Å². The number of aromatic nitrogens is 1. The lowest BCUT2D eigenvalue weighted by atomic mass is 10.2. The fourth-order valence-electron chi connectivity index (χ4n) is 2.76. The number of benzene rings is 1. The number of hydrazine groups is 1. The minimum Gasteiger partial charge on any atom is -0.306 e. The maximum Gasteiger partial charge on any atom is 0.255 e. The van der Waals surface area contributed by atoms with E-state index in [2.05, 4.69) is 22.3 Å². The third-order valence-electron chi connectivity index (χ3n) is 4.09. The van der Waals surface area contributed by atoms with Crippen molar-refractivity contribution in [2.75, 3.05) is 6.54 Å². The van der Waals surface area contributed by atoms with Crippen LogP contribution >= 0.6 is 0 Å². The van der Waals surface area contributed by atoms with E-state index >= 15 is 0 Å². The molecule has 1 fully saturated rings. The number of hydrogen-bond acceptors (Lipinski definition) is 4. The summed E-state index contributed by atoms with van der Waals surface area (Å²) in [4.78, 5) is 16.8. The molecular formula is C19H22N4O. The molecule has 24 heavy (non-hydrogen) atoms. The van der Waals surface area contributed by atoms with Crippen LogP contribution in [0.5, 0.6) is 0 Å². The van der Waals surface area contributed by atoms with Gasteiger partial charge >= 0.3 is 0 Å². The highest BCUT2D eigenvalue weighted by atomic mass is 16.2. The summed E-state index contributed by atoms with van der Waals surface area (Å²) in [7, 11) is 0. The van der Waals surface area contributed by atoms with Crippen LogP contribution in [0.4, 0.5) is 0 Å². The number of rotatable bonds is 6. The van der Waals surface area contributed by atoms with Crippen LogP contribution in [0.25, 0.3) is 5.70 Å². The van der Waals surface area contributed by atoms with Crippen molar-refractivity contribution in [2.24, 2.45) is 0 Å². The molecule has 0 radical (unpaired) electrons. The Morgan fingerprint density at radius 1 is 1.25 bits per heavy atom. The molecule has 1 aromatic heterocycles. The van der Waals surface area contributed by atoms with Crippen LogP contribution in [0.15, 0.2) is 61.3 Å². The zero-order chi connectivity index (χ0) is 16.8. The topological polar surface area (TPSA) is 57.3 Å². The van der Waals surface area contributed by atoms with Gasteiger partial charge in [0, 0.05) is 6.20 Å². The smallest absolute Gasteiger partial charge is 0.255 e. The van der Waals surface area contributed by atoms with Gasteiger partial charge in [0.2, 0.25) is 0 Å². The number of nitrogens with zero attached hydrogens (tertiary/aromatic N) is 2. The molecule has 0 aliphatic carbocycles. The van der Waals surface area contributed by atoms with Gasteiger partial charge in [-0.1, -0.05) is 43.0 Å². The minimum atomic E-state index is -0.139. The molecule has 1 saturated heterocycles. The maximum absolute atomic E-state index is 12.5. The summed E-state index contributed by atoms with van der Waals surface area (Å²) in [6.07, 6.45) is 3.61. The Morgan fingerprint density at radius 2 is 2.04 bits per heavy atom. The number of nitrogens with one attached hydrogen (secondary N) is 2. The fourth-order valence-corrected chi connectivity index (χ4v) is 2.76. The van der Waals surface area contributed by atoms with Crippen LogP contribution in [0.2, 0.25) is 0 Å². The Kier molecular flexibility index (Phi) is 5.23. The lowest BCUT2D eigenvalue weighted by Crippen LogP contribution is -2.48. The van der Waals surface area contributed by atoms with E-state index in [-0.39, 0.29) is 11.9 Å². The average molecular weight is 322 g/mol. The second kappa shape index (κ2) is 7.75. The Hall–Kier alpha value is -2.66. The first-order chi connectivity index (χ1) is 11.7. The Morgan fingerprint density at radius 3 is 2.71 bits per heavy atom. The van der Waals surface area contributed by atoms with Gasteiger partial charge in [0.1, 0.15) is 0 Å². The number of amides is 1. The second-order valence-corrected chi connectivity index (χ2v) is 5.86. The lowest BCUT2D eigenvalue weighted by Gasteiger charge is -2.28. The number of hydrogen-bond donors (Lipinski definition) is 2. The van der Waals surface area contributed by atoms with Crippen LogP contribution in [-0.4, -0.2) is 28.5 Å². The van der Waals surface area contributed by atoms with Crippen molar-refractivity contribution in [2.45, 2.75) is 25.4 Å². The van der Waals surface area contributed by atoms with E-state index < -0.39 is 0 Å². The molecule has 1 aliphatic rings. The summed E-state index contributed by atoms with van der Waals surface area (Å²) in [6, 6.07) is 15.5. The SMILES string of the molecule is C=C(c1ccccn1)N(Cc1ccccc1)NC(=O)[C@@H]1CCCN1. The third kappa shape index (κ3) is 4.00. The van der Waals surface area contributed by atoms with Crippen molar-refractivity contribution in [3.8, 4) is 0 Å². The zero-order valence-corrected chi connectivity index (χ0v) is 13.6. The van der Waals surface area contributed by atoms with E-state index in [1.807, 2.05) is 48.5 Å². The van der Waals surface area contributed by atoms with E-state index in [4.69, 9.17) is 0 Å². The van der Waals surface area contributed by atoms with Gasteiger partial charge in [-0.05, 0) is 37.1 Å². The van der Waals surface area contributed by atoms with E-state index in [9.17, 15) is 4.79 Å². The monoisotopic (exact) mass is 322 g/mol. The molecule has 1 aliphatic heterocycles. The molecule has 0 unspecified atom stereocenters. The molecule has 0 bridgehead atoms. The van der Waals surface area contributed by atoms with Gasteiger partial charge < -0.3 is 5.32 Å². The van der Waals surface area contributed by atoms with Gasteiger partial charge in [-0.15, -0.1) is 0 Å². The summed E-state index contributed by atoms with van der Waals surface area (Å²) in [5.74, 6) is -0.0273. The molecule has 1 amide bonds. The molecule has 0 saturated carbocycles. The first-order valence-corrected chi connectivity index (χ1v) is 8.19. The predicted octanol–water partition coefficient (Wildman–Crippen LogP) is 2.34. The van der Waals surface area contributed by atoms with Crippen molar-refractivity contribution < 1.29 is 4.79 Å². The molecule has 1 atom stereocenters. The number of carbonyl (C=O) groups excluding carboxylic acids is 1. The molecule has 2 aromatic rings. The summed E-state index contributed by atoms with van der Waals surface area (Å²) in [5, 5.41) is 5.00. The highest BCUT2D eigenvalue weighted by Crippen LogP contribution is 2.17. The van der Waals surface area contributed by atoms with E-state index in [0.717, 1.165) is 30.6 Å². The fraction of sp³-hybridized carbons (Fsp3) is 0.263. The molecular weight excluding hydrogens is 300 g/mol. The van der Waals surface area contributed by atoms with Crippen LogP contribution in [0.3, 0.4) is 0 Å². The lowest BCUT2D eigenvalue weighted by molar-refractivity contribution is -0.126. The van der Waals surface area contributed by atoms with E-state index in [1.54, 1.807) is 11.2 Å². The zero-order valence-electron chi connectivity index (χ0n) is 13.6. The van der Waals surface area contributed by atoms with Crippen molar-refractivity contribution in [3.63, 3.8) is 0 Å². The molecule has 2 N–H and O–H groups in total. The standard InChI is InChI=1S/C19H22N4O/c1-15(17-10-5-6-12-20-17)23(14-16-8-3-2-4-9-16)22-19(24)18-11-7-13-21-18/h2-6,8-10,12,18,21H,1,7,11,13-14H2,(H,22,24)/t18-/m0/s1. The molecule has 1 aromatic carbocycles. The van der Waals surface area contributed by atoms with Gasteiger partial charge in [-0.2, -0.15) is 0 Å². The van der Waals surface area contributed by atoms with E-state index in [0.29, 0.717) is 12.2 Å². The summed E-state index contributed by atoms with van der Waals surface area (Å²) >= 11 is 0. The molecule has 5 heteroatoms. The van der Waals surface area contributed by atoms with Crippen molar-refractivity contribution >= 4 is 11.6 Å². The van der Waals surface area contributed by atoms with Gasteiger partial charge in [0.25, 0.3) is 5.91 Å². The largest absolute Gasteiger partial charge is 0.306 e. The van der Waals surface area contributed by atoms with Crippen molar-refractivity contribution in [1.82, 2.24) is 20.7 Å². The number of carbonyl (C=O) groups is 1. The maximum atomic E-state index is 12.5. The quantitative estimate of drug-likeness (QED) is 0.802. The Labute approximate surface area is 142 Å². The van der Waals surface area contributed by atoms with Gasteiger partial charge in [-0.3, -0.25) is 20.2 Å². The normalized spacial score (nSPS) is 16.6.